The molecule has 1 saturated heterocycles. The number of hydrogen-bond donors (Lipinski definition) is 1. The van der Waals surface area contributed by atoms with Crippen molar-refractivity contribution >= 4 is 17.8 Å². The van der Waals surface area contributed by atoms with E-state index in [1.54, 1.807) is 29.2 Å². The van der Waals surface area contributed by atoms with E-state index in [0.717, 1.165) is 12.8 Å². The molecule has 1 atom stereocenters. The van der Waals surface area contributed by atoms with Crippen LogP contribution in [0.5, 0.6) is 0 Å². The van der Waals surface area contributed by atoms with Gasteiger partial charge in [0.1, 0.15) is 0 Å². The number of carbonyl (C=O) groups is 3. The average Bonchev–Trinajstić information content (AvgIpc) is 2.87. The molecule has 0 aromatic heterocycles. The molecule has 1 heterocycles. The highest BCUT2D eigenvalue weighted by Gasteiger charge is 2.25. The van der Waals surface area contributed by atoms with E-state index in [9.17, 15) is 14.4 Å². The summed E-state index contributed by atoms with van der Waals surface area (Å²) in [7, 11) is 1.32. The zero-order valence-electron chi connectivity index (χ0n) is 14.2. The summed E-state index contributed by atoms with van der Waals surface area (Å²) in [4.78, 5) is 37.8. The van der Waals surface area contributed by atoms with Crippen LogP contribution in [0, 0.1) is 5.92 Å². The topological polar surface area (TPSA) is 75.7 Å². The van der Waals surface area contributed by atoms with Gasteiger partial charge in [-0.2, -0.15) is 0 Å². The number of likely N-dealkylation sites (tertiary alicyclic amines) is 1. The fourth-order valence-electron chi connectivity index (χ4n) is 2.93. The van der Waals surface area contributed by atoms with Crippen LogP contribution in [-0.2, 0) is 9.53 Å². The molecule has 1 aromatic rings. The van der Waals surface area contributed by atoms with Crippen molar-refractivity contribution in [3.05, 3.63) is 35.4 Å². The molecule has 2 rings (SSSR count). The monoisotopic (exact) mass is 332 g/mol. The summed E-state index contributed by atoms with van der Waals surface area (Å²) in [6, 6.07) is 6.46. The number of nitrogens with zero attached hydrogens (tertiary/aromatic N) is 1. The Morgan fingerprint density at radius 1 is 1.12 bits per heavy atom. The molecule has 1 aromatic carbocycles. The fourth-order valence-corrected chi connectivity index (χ4v) is 2.93. The van der Waals surface area contributed by atoms with E-state index < -0.39 is 5.97 Å². The molecule has 0 radical (unpaired) electrons. The second kappa shape index (κ2) is 8.47. The summed E-state index contributed by atoms with van der Waals surface area (Å²) >= 11 is 0. The Hall–Kier alpha value is -2.37. The van der Waals surface area contributed by atoms with Crippen LogP contribution in [0.25, 0.3) is 0 Å². The number of carbonyl (C=O) groups excluding carboxylic acids is 3. The molecule has 1 aliphatic heterocycles. The number of amides is 2. The predicted octanol–water partition coefficient (Wildman–Crippen LogP) is 1.85. The zero-order valence-corrected chi connectivity index (χ0v) is 14.2. The smallest absolute Gasteiger partial charge is 0.337 e. The molecular weight excluding hydrogens is 308 g/mol. The lowest BCUT2D eigenvalue weighted by Gasteiger charge is -2.20. The van der Waals surface area contributed by atoms with E-state index in [1.807, 2.05) is 6.92 Å². The highest BCUT2D eigenvalue weighted by Crippen LogP contribution is 2.19. The van der Waals surface area contributed by atoms with Gasteiger partial charge in [0.2, 0.25) is 5.91 Å². The first kappa shape index (κ1) is 18.0. The van der Waals surface area contributed by atoms with Gasteiger partial charge in [-0.05, 0) is 50.5 Å². The normalized spacial score (nSPS) is 17.8. The van der Waals surface area contributed by atoms with Gasteiger partial charge in [-0.15, -0.1) is 0 Å². The van der Waals surface area contributed by atoms with Gasteiger partial charge in [-0.3, -0.25) is 9.59 Å². The van der Waals surface area contributed by atoms with Crippen molar-refractivity contribution in [2.45, 2.75) is 26.2 Å². The van der Waals surface area contributed by atoms with E-state index in [0.29, 0.717) is 37.2 Å². The van der Waals surface area contributed by atoms with Crippen molar-refractivity contribution < 1.29 is 19.1 Å². The van der Waals surface area contributed by atoms with Crippen LogP contribution in [-0.4, -0.2) is 49.4 Å². The maximum atomic E-state index is 12.6. The lowest BCUT2D eigenvalue weighted by Crippen LogP contribution is -2.33. The van der Waals surface area contributed by atoms with E-state index in [4.69, 9.17) is 0 Å². The van der Waals surface area contributed by atoms with E-state index >= 15 is 0 Å². The SMILES string of the molecule is CCNC(=O)C1CCCN(C(=O)c2ccc(C(=O)OC)cc2)CC1. The number of ether oxygens (including phenoxy) is 1. The Morgan fingerprint density at radius 2 is 1.79 bits per heavy atom. The highest BCUT2D eigenvalue weighted by molar-refractivity contribution is 5.96. The molecule has 1 N–H and O–H groups in total. The predicted molar refractivity (Wildman–Crippen MR) is 89.7 cm³/mol. The summed E-state index contributed by atoms with van der Waals surface area (Å²) in [5.74, 6) is -0.435. The summed E-state index contributed by atoms with van der Waals surface area (Å²) < 4.78 is 4.65. The lowest BCUT2D eigenvalue weighted by atomic mass is 10.00. The molecule has 6 heteroatoms. The Morgan fingerprint density at radius 3 is 2.42 bits per heavy atom. The largest absolute Gasteiger partial charge is 0.465 e. The van der Waals surface area contributed by atoms with Crippen molar-refractivity contribution in [3.8, 4) is 0 Å². The first-order valence-corrected chi connectivity index (χ1v) is 8.32. The van der Waals surface area contributed by atoms with Crippen molar-refractivity contribution in [2.24, 2.45) is 5.92 Å². The van der Waals surface area contributed by atoms with Crippen LogP contribution in [0.4, 0.5) is 0 Å². The quantitative estimate of drug-likeness (QED) is 0.854. The standard InChI is InChI=1S/C18H24N2O4/c1-3-19-16(21)13-5-4-11-20(12-10-13)17(22)14-6-8-15(9-7-14)18(23)24-2/h6-9,13H,3-5,10-12H2,1-2H3,(H,19,21). The molecule has 0 aliphatic carbocycles. The summed E-state index contributed by atoms with van der Waals surface area (Å²) in [6.45, 7) is 3.75. The Bertz CT molecular complexity index is 598. The average molecular weight is 332 g/mol. The van der Waals surface area contributed by atoms with Crippen LogP contribution < -0.4 is 5.32 Å². The molecular formula is C18H24N2O4. The highest BCUT2D eigenvalue weighted by atomic mass is 16.5. The third-order valence-electron chi connectivity index (χ3n) is 4.29. The summed E-state index contributed by atoms with van der Waals surface area (Å²) in [5, 5.41) is 2.85. The second-order valence-electron chi connectivity index (χ2n) is 5.88. The molecule has 0 spiro atoms. The Kier molecular flexibility index (Phi) is 6.35. The number of benzene rings is 1. The molecule has 2 amide bonds. The van der Waals surface area contributed by atoms with Crippen LogP contribution in [0.15, 0.2) is 24.3 Å². The summed E-state index contributed by atoms with van der Waals surface area (Å²) in [5.41, 5.74) is 0.959. The van der Waals surface area contributed by atoms with E-state index in [1.165, 1.54) is 7.11 Å². The van der Waals surface area contributed by atoms with Gasteiger partial charge < -0.3 is 15.0 Å². The van der Waals surface area contributed by atoms with Gasteiger partial charge in [-0.25, -0.2) is 4.79 Å². The third kappa shape index (κ3) is 4.34. The van der Waals surface area contributed by atoms with Crippen LogP contribution in [0.2, 0.25) is 0 Å². The van der Waals surface area contributed by atoms with Gasteiger partial charge in [-0.1, -0.05) is 0 Å². The number of nitrogens with one attached hydrogen (secondary N) is 1. The van der Waals surface area contributed by atoms with Crippen LogP contribution >= 0.6 is 0 Å². The minimum absolute atomic E-state index is 0.0237. The van der Waals surface area contributed by atoms with Gasteiger partial charge in [0.05, 0.1) is 12.7 Å². The van der Waals surface area contributed by atoms with E-state index in [2.05, 4.69) is 10.1 Å². The van der Waals surface area contributed by atoms with Crippen molar-refractivity contribution in [1.82, 2.24) is 10.2 Å². The third-order valence-corrected chi connectivity index (χ3v) is 4.29. The van der Waals surface area contributed by atoms with Crippen LogP contribution in [0.1, 0.15) is 46.9 Å². The first-order valence-electron chi connectivity index (χ1n) is 8.32. The van der Waals surface area contributed by atoms with Crippen molar-refractivity contribution in [2.75, 3.05) is 26.7 Å². The maximum absolute atomic E-state index is 12.6. The van der Waals surface area contributed by atoms with Gasteiger partial charge in [0.15, 0.2) is 0 Å². The molecule has 6 nitrogen and oxygen atoms in total. The fraction of sp³-hybridized carbons (Fsp3) is 0.500. The Labute approximate surface area is 142 Å². The van der Waals surface area contributed by atoms with Crippen molar-refractivity contribution in [3.63, 3.8) is 0 Å². The molecule has 0 bridgehead atoms. The minimum atomic E-state index is -0.423. The number of hydrogen-bond acceptors (Lipinski definition) is 4. The molecule has 1 unspecified atom stereocenters. The molecule has 1 aliphatic rings. The molecule has 24 heavy (non-hydrogen) atoms. The maximum Gasteiger partial charge on any atom is 0.337 e. The number of esters is 1. The minimum Gasteiger partial charge on any atom is -0.465 e. The van der Waals surface area contributed by atoms with Gasteiger partial charge in [0, 0.05) is 31.1 Å². The van der Waals surface area contributed by atoms with E-state index in [-0.39, 0.29) is 17.7 Å². The summed E-state index contributed by atoms with van der Waals surface area (Å²) in [6.07, 6.45) is 2.29. The van der Waals surface area contributed by atoms with Gasteiger partial charge >= 0.3 is 5.97 Å². The molecule has 0 saturated carbocycles. The number of methoxy groups -OCH3 is 1. The molecule has 130 valence electrons. The zero-order chi connectivity index (χ0) is 17.5. The first-order chi connectivity index (χ1) is 11.6. The van der Waals surface area contributed by atoms with Crippen molar-refractivity contribution in [1.29, 1.82) is 0 Å². The van der Waals surface area contributed by atoms with Crippen LogP contribution in [0.3, 0.4) is 0 Å². The van der Waals surface area contributed by atoms with Gasteiger partial charge in [0.25, 0.3) is 5.91 Å². The lowest BCUT2D eigenvalue weighted by molar-refractivity contribution is -0.125. The Balaban J connectivity index is 1.99. The molecule has 1 fully saturated rings. The number of rotatable bonds is 4. The second-order valence-corrected chi connectivity index (χ2v) is 5.88.